The van der Waals surface area contributed by atoms with Gasteiger partial charge in [-0.05, 0) is 31.9 Å². The minimum atomic E-state index is -0.373. The van der Waals surface area contributed by atoms with Crippen LogP contribution in [-0.4, -0.2) is 33.3 Å². The summed E-state index contributed by atoms with van der Waals surface area (Å²) < 4.78 is 10.1. The van der Waals surface area contributed by atoms with Crippen LogP contribution >= 0.6 is 11.6 Å². The zero-order valence-electron chi connectivity index (χ0n) is 12.1. The number of benzene rings is 1. The molecule has 1 aromatic rings. The summed E-state index contributed by atoms with van der Waals surface area (Å²) in [5, 5.41) is 0.604. The van der Waals surface area contributed by atoms with E-state index < -0.39 is 0 Å². The van der Waals surface area contributed by atoms with Crippen molar-refractivity contribution in [1.29, 1.82) is 0 Å². The number of piperidine rings is 1. The van der Waals surface area contributed by atoms with Gasteiger partial charge in [-0.15, -0.1) is 0 Å². The normalized spacial score (nSPS) is 17.7. The first kappa shape index (κ1) is 15.0. The highest BCUT2D eigenvalue weighted by Gasteiger charge is 2.37. The van der Waals surface area contributed by atoms with Gasteiger partial charge in [0, 0.05) is 24.8 Å². The number of esters is 1. The number of hydrogen-bond acceptors (Lipinski definition) is 4. The molecule has 5 heteroatoms. The summed E-state index contributed by atoms with van der Waals surface area (Å²) in [6.45, 7) is 3.60. The molecule has 0 bridgehead atoms. The van der Waals surface area contributed by atoms with Crippen LogP contribution in [0.5, 0.6) is 5.75 Å². The van der Waals surface area contributed by atoms with Crippen LogP contribution in [0.2, 0.25) is 5.02 Å². The van der Waals surface area contributed by atoms with Crippen molar-refractivity contribution in [2.45, 2.75) is 19.8 Å². The van der Waals surface area contributed by atoms with Crippen molar-refractivity contribution in [3.05, 3.63) is 23.2 Å². The van der Waals surface area contributed by atoms with Gasteiger partial charge in [0.25, 0.3) is 0 Å². The maximum Gasteiger partial charge on any atom is 0.311 e. The van der Waals surface area contributed by atoms with Crippen LogP contribution in [0.4, 0.5) is 5.69 Å². The fourth-order valence-electron chi connectivity index (χ4n) is 2.55. The van der Waals surface area contributed by atoms with Crippen molar-refractivity contribution in [2.24, 2.45) is 5.41 Å². The van der Waals surface area contributed by atoms with Gasteiger partial charge >= 0.3 is 5.97 Å². The molecule has 0 radical (unpaired) electrons. The van der Waals surface area contributed by atoms with Crippen molar-refractivity contribution in [1.82, 2.24) is 0 Å². The summed E-state index contributed by atoms with van der Waals surface area (Å²) in [7, 11) is 3.06. The Morgan fingerprint density at radius 1 is 1.30 bits per heavy atom. The molecule has 0 N–H and O–H groups in total. The van der Waals surface area contributed by atoms with E-state index in [2.05, 4.69) is 4.90 Å². The molecule has 4 nitrogen and oxygen atoms in total. The molecule has 1 fully saturated rings. The van der Waals surface area contributed by atoms with Crippen LogP contribution in [-0.2, 0) is 9.53 Å². The predicted octanol–water partition coefficient (Wildman–Crippen LogP) is 3.13. The molecule has 0 amide bonds. The molecule has 1 aromatic carbocycles. The smallest absolute Gasteiger partial charge is 0.311 e. The van der Waals surface area contributed by atoms with E-state index in [-0.39, 0.29) is 11.4 Å². The lowest BCUT2D eigenvalue weighted by Crippen LogP contribution is -2.43. The van der Waals surface area contributed by atoms with E-state index >= 15 is 0 Å². The monoisotopic (exact) mass is 297 g/mol. The Kier molecular flexibility index (Phi) is 4.43. The topological polar surface area (TPSA) is 38.8 Å². The Labute approximate surface area is 124 Å². The molecule has 0 unspecified atom stereocenters. The molecular weight excluding hydrogens is 278 g/mol. The van der Waals surface area contributed by atoms with Gasteiger partial charge in [-0.2, -0.15) is 0 Å². The van der Waals surface area contributed by atoms with E-state index in [1.54, 1.807) is 7.11 Å². The van der Waals surface area contributed by atoms with Crippen LogP contribution in [0, 0.1) is 5.41 Å². The lowest BCUT2D eigenvalue weighted by Gasteiger charge is -2.38. The van der Waals surface area contributed by atoms with Gasteiger partial charge < -0.3 is 14.4 Å². The Bertz CT molecular complexity index is 496. The van der Waals surface area contributed by atoms with E-state index in [9.17, 15) is 4.79 Å². The molecule has 20 heavy (non-hydrogen) atoms. The fraction of sp³-hybridized carbons (Fsp3) is 0.533. The molecule has 1 saturated heterocycles. The number of ether oxygens (including phenoxy) is 2. The van der Waals surface area contributed by atoms with Gasteiger partial charge in [-0.1, -0.05) is 11.6 Å². The minimum Gasteiger partial charge on any atom is -0.495 e. The highest BCUT2D eigenvalue weighted by atomic mass is 35.5. The zero-order chi connectivity index (χ0) is 14.8. The zero-order valence-corrected chi connectivity index (χ0v) is 12.9. The van der Waals surface area contributed by atoms with Crippen LogP contribution in [0.15, 0.2) is 18.2 Å². The average Bonchev–Trinajstić information content (AvgIpc) is 2.48. The van der Waals surface area contributed by atoms with Crippen molar-refractivity contribution >= 4 is 23.3 Å². The lowest BCUT2D eigenvalue weighted by molar-refractivity contribution is -0.152. The number of anilines is 1. The fourth-order valence-corrected chi connectivity index (χ4v) is 2.75. The third-order valence-electron chi connectivity index (χ3n) is 4.05. The van der Waals surface area contributed by atoms with E-state index in [0.29, 0.717) is 10.8 Å². The molecule has 0 atom stereocenters. The van der Waals surface area contributed by atoms with Gasteiger partial charge in [0.2, 0.25) is 0 Å². The van der Waals surface area contributed by atoms with Crippen LogP contribution < -0.4 is 9.64 Å². The van der Waals surface area contributed by atoms with Gasteiger partial charge in [-0.25, -0.2) is 0 Å². The second-order valence-corrected chi connectivity index (χ2v) is 5.77. The van der Waals surface area contributed by atoms with Crippen LogP contribution in [0.25, 0.3) is 0 Å². The first-order valence-corrected chi connectivity index (χ1v) is 7.05. The third kappa shape index (κ3) is 2.85. The standard InChI is InChI=1S/C15H20ClNO3/c1-15(14(18)20-3)6-8-17(9-7-15)11-4-5-12(16)13(10-11)19-2/h4-5,10H,6-9H2,1-3H3. The van der Waals surface area contributed by atoms with Crippen molar-refractivity contribution in [2.75, 3.05) is 32.2 Å². The molecule has 110 valence electrons. The Balaban J connectivity index is 2.09. The number of halogens is 1. The number of methoxy groups -OCH3 is 2. The van der Waals surface area contributed by atoms with Crippen molar-refractivity contribution in [3.8, 4) is 5.75 Å². The second kappa shape index (κ2) is 5.92. The number of rotatable bonds is 3. The molecule has 0 aromatic heterocycles. The number of carbonyl (C=O) groups excluding carboxylic acids is 1. The Hall–Kier alpha value is -1.42. The maximum atomic E-state index is 11.8. The number of carbonyl (C=O) groups is 1. The van der Waals surface area contributed by atoms with E-state index in [4.69, 9.17) is 21.1 Å². The average molecular weight is 298 g/mol. The van der Waals surface area contributed by atoms with Gasteiger partial charge in [0.1, 0.15) is 5.75 Å². The molecule has 2 rings (SSSR count). The maximum absolute atomic E-state index is 11.8. The molecule has 0 saturated carbocycles. The van der Waals surface area contributed by atoms with Gasteiger partial charge in [-0.3, -0.25) is 4.79 Å². The van der Waals surface area contributed by atoms with Gasteiger partial charge in [0.05, 0.1) is 24.7 Å². The SMILES string of the molecule is COC(=O)C1(C)CCN(c2ccc(Cl)c(OC)c2)CC1. The molecule has 1 heterocycles. The molecular formula is C15H20ClNO3. The van der Waals surface area contributed by atoms with Crippen molar-refractivity contribution in [3.63, 3.8) is 0 Å². The Morgan fingerprint density at radius 3 is 2.50 bits per heavy atom. The van der Waals surface area contributed by atoms with Crippen LogP contribution in [0.3, 0.4) is 0 Å². The summed E-state index contributed by atoms with van der Waals surface area (Å²) in [6, 6.07) is 5.75. The van der Waals surface area contributed by atoms with Crippen LogP contribution in [0.1, 0.15) is 19.8 Å². The van der Waals surface area contributed by atoms with E-state index in [1.165, 1.54) is 7.11 Å². The summed E-state index contributed by atoms with van der Waals surface area (Å²) in [5.74, 6) is 0.552. The number of hydrogen-bond donors (Lipinski definition) is 0. The quantitative estimate of drug-likeness (QED) is 0.804. The molecule has 1 aliphatic heterocycles. The highest BCUT2D eigenvalue weighted by molar-refractivity contribution is 6.32. The first-order chi connectivity index (χ1) is 9.50. The third-order valence-corrected chi connectivity index (χ3v) is 4.36. The molecule has 0 spiro atoms. The predicted molar refractivity (Wildman–Crippen MR) is 79.6 cm³/mol. The first-order valence-electron chi connectivity index (χ1n) is 6.67. The summed E-state index contributed by atoms with van der Waals surface area (Å²) in [4.78, 5) is 14.0. The van der Waals surface area contributed by atoms with Gasteiger partial charge in [0.15, 0.2) is 0 Å². The second-order valence-electron chi connectivity index (χ2n) is 5.36. The minimum absolute atomic E-state index is 0.120. The summed E-state index contributed by atoms with van der Waals surface area (Å²) >= 11 is 6.04. The lowest BCUT2D eigenvalue weighted by atomic mass is 9.80. The van der Waals surface area contributed by atoms with E-state index in [0.717, 1.165) is 31.6 Å². The van der Waals surface area contributed by atoms with Crippen molar-refractivity contribution < 1.29 is 14.3 Å². The van der Waals surface area contributed by atoms with E-state index in [1.807, 2.05) is 25.1 Å². The number of nitrogens with zero attached hydrogens (tertiary/aromatic N) is 1. The summed E-state index contributed by atoms with van der Waals surface area (Å²) in [5.41, 5.74) is 0.694. The highest BCUT2D eigenvalue weighted by Crippen LogP contribution is 2.36. The molecule has 1 aliphatic rings. The Morgan fingerprint density at radius 2 is 1.95 bits per heavy atom. The molecule has 0 aliphatic carbocycles. The summed E-state index contributed by atoms with van der Waals surface area (Å²) in [6.07, 6.45) is 1.56. The largest absolute Gasteiger partial charge is 0.495 e.